The number of nitrogens with one attached hydrogen (secondary N) is 2. The summed E-state index contributed by atoms with van der Waals surface area (Å²) in [4.78, 5) is 41.6. The summed E-state index contributed by atoms with van der Waals surface area (Å²) in [5.74, 6) is -1.98. The zero-order valence-electron chi connectivity index (χ0n) is 18.2. The van der Waals surface area contributed by atoms with E-state index < -0.39 is 23.5 Å². The molecule has 0 aliphatic carbocycles. The quantitative estimate of drug-likeness (QED) is 0.485. The van der Waals surface area contributed by atoms with Crippen molar-refractivity contribution in [2.24, 2.45) is 11.8 Å². The topological polar surface area (TPSA) is 108 Å². The number of carbonyl (C=O) groups excluding carboxylic acids is 3. The highest BCUT2D eigenvalue weighted by molar-refractivity contribution is 6.30. The Balaban J connectivity index is 1.63. The molecule has 3 aliphatic heterocycles. The fraction of sp³-hybridized carbons (Fsp3) is 0.609. The number of halogens is 1. The molecule has 0 radical (unpaired) electrons. The Bertz CT molecular complexity index is 879. The van der Waals surface area contributed by atoms with Gasteiger partial charge in [0.1, 0.15) is 11.6 Å². The van der Waals surface area contributed by atoms with Crippen molar-refractivity contribution < 1.29 is 24.2 Å². The molecule has 3 N–H and O–H groups in total. The third kappa shape index (κ3) is 3.89. The summed E-state index contributed by atoms with van der Waals surface area (Å²) in [7, 11) is 0. The number of carbonyl (C=O) groups is 3. The molecule has 8 nitrogen and oxygen atoms in total. The van der Waals surface area contributed by atoms with Crippen molar-refractivity contribution in [3.05, 3.63) is 29.3 Å². The maximum atomic E-state index is 13.6. The minimum Gasteiger partial charge on any atom is -0.396 e. The van der Waals surface area contributed by atoms with Crippen LogP contribution in [0, 0.1) is 11.8 Å². The third-order valence-electron chi connectivity index (χ3n) is 6.82. The van der Waals surface area contributed by atoms with Crippen LogP contribution in [0.3, 0.4) is 0 Å². The zero-order chi connectivity index (χ0) is 22.9. The molecule has 3 fully saturated rings. The number of aliphatic hydroxyl groups excluding tert-OH is 1. The number of unbranched alkanes of at least 4 members (excludes halogenated alkanes) is 1. The van der Waals surface area contributed by atoms with Crippen molar-refractivity contribution in [1.29, 1.82) is 0 Å². The molecule has 1 aromatic carbocycles. The van der Waals surface area contributed by atoms with Gasteiger partial charge in [0.25, 0.3) is 0 Å². The average molecular weight is 464 g/mol. The van der Waals surface area contributed by atoms with Gasteiger partial charge in [0.2, 0.25) is 17.7 Å². The highest BCUT2D eigenvalue weighted by atomic mass is 35.5. The number of ether oxygens (including phenoxy) is 1. The van der Waals surface area contributed by atoms with Crippen LogP contribution in [-0.2, 0) is 19.1 Å². The van der Waals surface area contributed by atoms with Gasteiger partial charge in [-0.1, -0.05) is 18.5 Å². The molecule has 0 saturated carbocycles. The first kappa shape index (κ1) is 23.0. The van der Waals surface area contributed by atoms with E-state index in [1.807, 2.05) is 6.92 Å². The summed E-state index contributed by atoms with van der Waals surface area (Å²) in [6, 6.07) is 5.95. The molecular formula is C23H30ClN3O5. The molecule has 9 heteroatoms. The van der Waals surface area contributed by atoms with Crippen LogP contribution < -0.4 is 10.6 Å². The van der Waals surface area contributed by atoms with E-state index in [-0.39, 0.29) is 30.4 Å². The number of rotatable bonds is 9. The van der Waals surface area contributed by atoms with E-state index in [1.165, 1.54) is 0 Å². The molecule has 0 aromatic heterocycles. The van der Waals surface area contributed by atoms with E-state index in [2.05, 4.69) is 10.6 Å². The normalized spacial score (nSPS) is 30.5. The number of hydrogen-bond acceptors (Lipinski definition) is 5. The molecule has 5 atom stereocenters. The molecule has 1 spiro atoms. The molecule has 3 aliphatic rings. The summed E-state index contributed by atoms with van der Waals surface area (Å²) in [5.41, 5.74) is -0.433. The monoisotopic (exact) mass is 463 g/mol. The Morgan fingerprint density at radius 3 is 2.69 bits per heavy atom. The van der Waals surface area contributed by atoms with Crippen LogP contribution in [-0.4, -0.2) is 65.2 Å². The van der Waals surface area contributed by atoms with Gasteiger partial charge in [-0.15, -0.1) is 0 Å². The summed E-state index contributed by atoms with van der Waals surface area (Å²) in [5, 5.41) is 15.6. The van der Waals surface area contributed by atoms with E-state index >= 15 is 0 Å². The van der Waals surface area contributed by atoms with Gasteiger partial charge < -0.3 is 25.4 Å². The lowest BCUT2D eigenvalue weighted by atomic mass is 9.70. The number of likely N-dealkylation sites (tertiary alicyclic amines) is 1. The van der Waals surface area contributed by atoms with Crippen molar-refractivity contribution in [2.75, 3.05) is 25.0 Å². The van der Waals surface area contributed by atoms with Crippen LogP contribution in [0.2, 0.25) is 5.02 Å². The van der Waals surface area contributed by atoms with Crippen LogP contribution in [0.5, 0.6) is 0 Å². The second-order valence-electron chi connectivity index (χ2n) is 8.81. The van der Waals surface area contributed by atoms with E-state index in [0.717, 1.165) is 6.42 Å². The van der Waals surface area contributed by atoms with E-state index in [1.54, 1.807) is 29.2 Å². The van der Waals surface area contributed by atoms with Gasteiger partial charge in [-0.05, 0) is 56.4 Å². The number of aliphatic hydroxyl groups is 1. The van der Waals surface area contributed by atoms with E-state index in [4.69, 9.17) is 16.3 Å². The number of hydrogen-bond donors (Lipinski definition) is 3. The number of nitrogens with zero attached hydrogens (tertiary/aromatic N) is 1. The Labute approximate surface area is 192 Å². The lowest BCUT2D eigenvalue weighted by Crippen LogP contribution is -2.53. The van der Waals surface area contributed by atoms with Crippen LogP contribution in [0.15, 0.2) is 24.3 Å². The largest absolute Gasteiger partial charge is 0.396 e. The van der Waals surface area contributed by atoms with Crippen LogP contribution in [0.25, 0.3) is 0 Å². The first-order valence-corrected chi connectivity index (χ1v) is 11.7. The second-order valence-corrected chi connectivity index (χ2v) is 9.24. The summed E-state index contributed by atoms with van der Waals surface area (Å²) < 4.78 is 6.34. The molecule has 174 valence electrons. The van der Waals surface area contributed by atoms with Crippen molar-refractivity contribution in [2.45, 2.75) is 56.8 Å². The molecule has 3 amide bonds. The van der Waals surface area contributed by atoms with E-state index in [0.29, 0.717) is 49.5 Å². The SMILES string of the molecule is CCCNC(=O)[C@@H]1[C@@H]2CCC3(O2)C(C(=O)Nc2ccc(Cl)cc2)N(CCCCO)C(=O)[C@H]13. The van der Waals surface area contributed by atoms with Crippen LogP contribution >= 0.6 is 11.6 Å². The fourth-order valence-corrected chi connectivity index (χ4v) is 5.62. The van der Waals surface area contributed by atoms with Gasteiger partial charge in [0.05, 0.1) is 17.9 Å². The predicted octanol–water partition coefficient (Wildman–Crippen LogP) is 1.95. The first-order valence-electron chi connectivity index (χ1n) is 11.4. The molecule has 4 rings (SSSR count). The van der Waals surface area contributed by atoms with E-state index in [9.17, 15) is 19.5 Å². The molecule has 2 unspecified atom stereocenters. The van der Waals surface area contributed by atoms with Gasteiger partial charge in [-0.3, -0.25) is 14.4 Å². The van der Waals surface area contributed by atoms with Crippen LogP contribution in [0.4, 0.5) is 5.69 Å². The highest BCUT2D eigenvalue weighted by Crippen LogP contribution is 2.58. The maximum Gasteiger partial charge on any atom is 0.250 e. The van der Waals surface area contributed by atoms with Crippen molar-refractivity contribution in [3.8, 4) is 0 Å². The fourth-order valence-electron chi connectivity index (χ4n) is 5.50. The van der Waals surface area contributed by atoms with Gasteiger partial charge >= 0.3 is 0 Å². The Morgan fingerprint density at radius 1 is 1.25 bits per heavy atom. The number of amides is 3. The molecular weight excluding hydrogens is 434 g/mol. The standard InChI is InChI=1S/C23H30ClN3O5/c1-2-11-25-20(29)17-16-9-10-23(32-16)18(17)22(31)27(12-3-4-13-28)19(23)21(30)26-15-7-5-14(24)6-8-15/h5-8,16-19,28H,2-4,9-13H2,1H3,(H,25,29)(H,26,30)/t16-,17+,18-,19?,23?/m0/s1. The maximum absolute atomic E-state index is 13.6. The molecule has 1 aromatic rings. The second kappa shape index (κ2) is 9.37. The summed E-state index contributed by atoms with van der Waals surface area (Å²) >= 11 is 5.95. The number of benzene rings is 1. The number of anilines is 1. The van der Waals surface area contributed by atoms with Crippen LogP contribution in [0.1, 0.15) is 39.0 Å². The molecule has 3 saturated heterocycles. The highest BCUT2D eigenvalue weighted by Gasteiger charge is 2.74. The van der Waals surface area contributed by atoms with Gasteiger partial charge in [-0.25, -0.2) is 0 Å². The minimum absolute atomic E-state index is 0.0128. The van der Waals surface area contributed by atoms with Crippen molar-refractivity contribution in [3.63, 3.8) is 0 Å². The van der Waals surface area contributed by atoms with Gasteiger partial charge in [0.15, 0.2) is 0 Å². The van der Waals surface area contributed by atoms with Gasteiger partial charge in [0, 0.05) is 30.4 Å². The lowest BCUT2D eigenvalue weighted by Gasteiger charge is -2.33. The first-order chi connectivity index (χ1) is 15.4. The summed E-state index contributed by atoms with van der Waals surface area (Å²) in [6.07, 6.45) is 2.73. The molecule has 2 bridgehead atoms. The Morgan fingerprint density at radius 2 is 2.00 bits per heavy atom. The van der Waals surface area contributed by atoms with Gasteiger partial charge in [-0.2, -0.15) is 0 Å². The van der Waals surface area contributed by atoms with Crippen molar-refractivity contribution >= 4 is 35.0 Å². The predicted molar refractivity (Wildman–Crippen MR) is 119 cm³/mol. The lowest BCUT2D eigenvalue weighted by molar-refractivity contribution is -0.140. The van der Waals surface area contributed by atoms with Crippen molar-refractivity contribution in [1.82, 2.24) is 10.2 Å². The third-order valence-corrected chi connectivity index (χ3v) is 7.07. The smallest absolute Gasteiger partial charge is 0.250 e. The minimum atomic E-state index is -1.01. The Kier molecular flexibility index (Phi) is 6.74. The molecule has 3 heterocycles. The summed E-state index contributed by atoms with van der Waals surface area (Å²) in [6.45, 7) is 2.85. The molecule has 32 heavy (non-hydrogen) atoms. The zero-order valence-corrected chi connectivity index (χ0v) is 18.9. The number of fused-ring (bicyclic) bond motifs is 1. The Hall–Kier alpha value is -2.16. The average Bonchev–Trinajstić information content (AvgIpc) is 3.41.